The van der Waals surface area contributed by atoms with E-state index >= 15 is 0 Å². The lowest BCUT2D eigenvalue weighted by Gasteiger charge is -2.42. The first-order valence-corrected chi connectivity index (χ1v) is 12.0. The summed E-state index contributed by atoms with van der Waals surface area (Å²) in [5, 5.41) is 4.19. The van der Waals surface area contributed by atoms with Gasteiger partial charge in [0.15, 0.2) is 0 Å². The van der Waals surface area contributed by atoms with E-state index in [-0.39, 0.29) is 23.5 Å². The van der Waals surface area contributed by atoms with Crippen molar-refractivity contribution in [3.63, 3.8) is 0 Å². The third-order valence-corrected chi connectivity index (χ3v) is 7.40. The average Bonchev–Trinajstić information content (AvgIpc) is 2.80. The Kier molecular flexibility index (Phi) is 6.88. The topological polar surface area (TPSA) is 41.6 Å². The first-order valence-electron chi connectivity index (χ1n) is 11.6. The van der Waals surface area contributed by atoms with Crippen LogP contribution in [-0.4, -0.2) is 29.5 Å². The Bertz CT molecular complexity index is 912. The van der Waals surface area contributed by atoms with Crippen molar-refractivity contribution in [1.82, 2.24) is 10.2 Å². The fourth-order valence-electron chi connectivity index (χ4n) is 5.00. The highest BCUT2D eigenvalue weighted by atomic mass is 35.5. The standard InChI is InChI=1S/C26H33ClN2O2/c1-3-26(4-2)16-23(21-12-6-8-14-24(21)31-26)28-25(30)20-11-9-15-29(18-20)17-19-10-5-7-13-22(19)27/h5-8,10,12-14,20,23H,3-4,9,11,15-18H2,1-2H3,(H,28,30)/t20-,23-/m1/s1. The van der Waals surface area contributed by atoms with E-state index in [1.807, 2.05) is 36.4 Å². The summed E-state index contributed by atoms with van der Waals surface area (Å²) in [4.78, 5) is 15.7. The van der Waals surface area contributed by atoms with Gasteiger partial charge in [0.05, 0.1) is 12.0 Å². The van der Waals surface area contributed by atoms with Crippen LogP contribution in [0.4, 0.5) is 0 Å². The maximum Gasteiger partial charge on any atom is 0.224 e. The first-order chi connectivity index (χ1) is 15.0. The van der Waals surface area contributed by atoms with Crippen LogP contribution in [0.25, 0.3) is 0 Å². The van der Waals surface area contributed by atoms with Gasteiger partial charge >= 0.3 is 0 Å². The van der Waals surface area contributed by atoms with E-state index < -0.39 is 0 Å². The largest absolute Gasteiger partial charge is 0.487 e. The fourth-order valence-corrected chi connectivity index (χ4v) is 5.20. The zero-order valence-electron chi connectivity index (χ0n) is 18.6. The van der Waals surface area contributed by atoms with E-state index in [1.165, 1.54) is 0 Å². The fraction of sp³-hybridized carbons (Fsp3) is 0.500. The van der Waals surface area contributed by atoms with Crippen molar-refractivity contribution >= 4 is 17.5 Å². The predicted molar refractivity (Wildman–Crippen MR) is 125 cm³/mol. The Morgan fingerprint density at radius 3 is 2.68 bits per heavy atom. The molecule has 31 heavy (non-hydrogen) atoms. The van der Waals surface area contributed by atoms with Gasteiger partial charge in [0.2, 0.25) is 5.91 Å². The molecule has 2 atom stereocenters. The number of para-hydroxylation sites is 1. The van der Waals surface area contributed by atoms with Gasteiger partial charge in [0, 0.05) is 30.1 Å². The molecule has 2 aliphatic heterocycles. The number of likely N-dealkylation sites (tertiary alicyclic amines) is 1. The Balaban J connectivity index is 1.45. The molecular formula is C26H33ClN2O2. The van der Waals surface area contributed by atoms with Crippen LogP contribution < -0.4 is 10.1 Å². The minimum absolute atomic E-state index is 0.00343. The van der Waals surface area contributed by atoms with Gasteiger partial charge in [-0.25, -0.2) is 0 Å². The van der Waals surface area contributed by atoms with Crippen LogP contribution in [0.1, 0.15) is 63.1 Å². The first kappa shape index (κ1) is 22.2. The number of piperidine rings is 1. The number of benzene rings is 2. The van der Waals surface area contributed by atoms with E-state index in [0.717, 1.165) is 73.6 Å². The molecule has 0 bridgehead atoms. The van der Waals surface area contributed by atoms with Crippen molar-refractivity contribution in [2.75, 3.05) is 13.1 Å². The molecule has 0 spiro atoms. The summed E-state index contributed by atoms with van der Waals surface area (Å²) in [6, 6.07) is 16.1. The van der Waals surface area contributed by atoms with Gasteiger partial charge in [-0.05, 0) is 49.9 Å². The molecule has 4 rings (SSSR count). The number of amides is 1. The van der Waals surface area contributed by atoms with Crippen molar-refractivity contribution in [2.45, 2.75) is 64.1 Å². The number of hydrogen-bond donors (Lipinski definition) is 1. The smallest absolute Gasteiger partial charge is 0.224 e. The van der Waals surface area contributed by atoms with E-state index in [1.54, 1.807) is 0 Å². The molecule has 2 aromatic rings. The van der Waals surface area contributed by atoms with Gasteiger partial charge in [-0.15, -0.1) is 0 Å². The Hall–Kier alpha value is -2.04. The molecule has 1 amide bonds. The summed E-state index contributed by atoms with van der Waals surface area (Å²) >= 11 is 6.36. The number of nitrogens with zero attached hydrogens (tertiary/aromatic N) is 1. The summed E-state index contributed by atoms with van der Waals surface area (Å²) in [6.45, 7) is 6.91. The van der Waals surface area contributed by atoms with Gasteiger partial charge in [0.25, 0.3) is 0 Å². The van der Waals surface area contributed by atoms with Gasteiger partial charge in [0.1, 0.15) is 11.4 Å². The Morgan fingerprint density at radius 1 is 1.16 bits per heavy atom. The third-order valence-electron chi connectivity index (χ3n) is 7.03. The number of hydrogen-bond acceptors (Lipinski definition) is 3. The number of nitrogens with one attached hydrogen (secondary N) is 1. The number of fused-ring (bicyclic) bond motifs is 1. The van der Waals surface area contributed by atoms with Gasteiger partial charge in [-0.3, -0.25) is 9.69 Å². The summed E-state index contributed by atoms with van der Waals surface area (Å²) in [6.07, 6.45) is 4.64. The second-order valence-corrected chi connectivity index (χ2v) is 9.37. The maximum atomic E-state index is 13.3. The molecule has 1 N–H and O–H groups in total. The highest BCUT2D eigenvalue weighted by Gasteiger charge is 2.39. The summed E-state index contributed by atoms with van der Waals surface area (Å²) in [5.41, 5.74) is 2.01. The van der Waals surface area contributed by atoms with Crippen LogP contribution in [0.15, 0.2) is 48.5 Å². The van der Waals surface area contributed by atoms with Crippen LogP contribution in [0, 0.1) is 5.92 Å². The van der Waals surface area contributed by atoms with Crippen LogP contribution >= 0.6 is 11.6 Å². The van der Waals surface area contributed by atoms with Crippen LogP contribution in [0.2, 0.25) is 5.02 Å². The van der Waals surface area contributed by atoms with Gasteiger partial charge < -0.3 is 10.1 Å². The number of halogens is 1. The zero-order valence-corrected chi connectivity index (χ0v) is 19.3. The molecule has 2 heterocycles. The van der Waals surface area contributed by atoms with E-state index in [2.05, 4.69) is 36.2 Å². The molecule has 2 aromatic carbocycles. The molecular weight excluding hydrogens is 408 g/mol. The lowest BCUT2D eigenvalue weighted by molar-refractivity contribution is -0.128. The van der Waals surface area contributed by atoms with Crippen LogP contribution in [0.5, 0.6) is 5.75 Å². The second-order valence-electron chi connectivity index (χ2n) is 8.96. The quantitative estimate of drug-likeness (QED) is 0.621. The molecule has 1 saturated heterocycles. The molecule has 5 heteroatoms. The monoisotopic (exact) mass is 440 g/mol. The summed E-state index contributed by atoms with van der Waals surface area (Å²) < 4.78 is 6.40. The highest BCUT2D eigenvalue weighted by molar-refractivity contribution is 6.31. The molecule has 0 aliphatic carbocycles. The predicted octanol–water partition coefficient (Wildman–Crippen LogP) is 5.75. The normalized spacial score (nSPS) is 22.9. The molecule has 0 unspecified atom stereocenters. The molecule has 2 aliphatic rings. The molecule has 0 saturated carbocycles. The van der Waals surface area contributed by atoms with E-state index in [4.69, 9.17) is 16.3 Å². The highest BCUT2D eigenvalue weighted by Crippen LogP contribution is 2.42. The third kappa shape index (κ3) is 4.91. The number of carbonyl (C=O) groups is 1. The lowest BCUT2D eigenvalue weighted by atomic mass is 9.83. The average molecular weight is 441 g/mol. The Morgan fingerprint density at radius 2 is 1.90 bits per heavy atom. The molecule has 166 valence electrons. The number of carbonyl (C=O) groups excluding carboxylic acids is 1. The minimum atomic E-state index is -0.213. The summed E-state index contributed by atoms with van der Waals surface area (Å²) in [5.74, 6) is 1.07. The minimum Gasteiger partial charge on any atom is -0.487 e. The molecule has 4 nitrogen and oxygen atoms in total. The maximum absolute atomic E-state index is 13.3. The Labute approximate surface area is 190 Å². The zero-order chi connectivity index (χ0) is 21.8. The van der Waals surface area contributed by atoms with Gasteiger partial charge in [-0.2, -0.15) is 0 Å². The number of ether oxygens (including phenoxy) is 1. The van der Waals surface area contributed by atoms with Crippen LogP contribution in [-0.2, 0) is 11.3 Å². The van der Waals surface area contributed by atoms with Crippen LogP contribution in [0.3, 0.4) is 0 Å². The van der Waals surface area contributed by atoms with Crippen molar-refractivity contribution in [1.29, 1.82) is 0 Å². The summed E-state index contributed by atoms with van der Waals surface area (Å²) in [7, 11) is 0. The van der Waals surface area contributed by atoms with Crippen molar-refractivity contribution in [2.24, 2.45) is 5.92 Å². The molecule has 0 radical (unpaired) electrons. The van der Waals surface area contributed by atoms with E-state index in [0.29, 0.717) is 0 Å². The van der Waals surface area contributed by atoms with Crippen molar-refractivity contribution < 1.29 is 9.53 Å². The second kappa shape index (κ2) is 9.62. The number of rotatable bonds is 6. The SMILES string of the molecule is CCC1(CC)C[C@@H](NC(=O)[C@@H]2CCCN(Cc3ccccc3Cl)C2)c2ccccc2O1. The molecule has 0 aromatic heterocycles. The van der Waals surface area contributed by atoms with E-state index in [9.17, 15) is 4.79 Å². The van der Waals surface area contributed by atoms with Crippen molar-refractivity contribution in [3.05, 3.63) is 64.7 Å². The molecule has 1 fully saturated rings. The van der Waals surface area contributed by atoms with Crippen molar-refractivity contribution in [3.8, 4) is 5.75 Å². The lowest BCUT2D eigenvalue weighted by Crippen LogP contribution is -2.48. The van der Waals surface area contributed by atoms with Gasteiger partial charge in [-0.1, -0.05) is 61.8 Å².